The maximum absolute atomic E-state index is 12.5. The molecule has 6 nitrogen and oxygen atoms in total. The Morgan fingerprint density at radius 1 is 1.03 bits per heavy atom. The number of carbonyl (C=O) groups excluding carboxylic acids is 1. The molecule has 1 aromatic heterocycles. The summed E-state index contributed by atoms with van der Waals surface area (Å²) in [5.41, 5.74) is 2.07. The summed E-state index contributed by atoms with van der Waals surface area (Å²) in [6.45, 7) is 0. The summed E-state index contributed by atoms with van der Waals surface area (Å²) in [4.78, 5) is 27.3. The molecule has 0 fully saturated rings. The number of anilines is 1. The summed E-state index contributed by atoms with van der Waals surface area (Å²) in [6, 6.07) is 16.6. The molecule has 0 radical (unpaired) electrons. The van der Waals surface area contributed by atoms with Gasteiger partial charge < -0.3 is 5.32 Å². The van der Waals surface area contributed by atoms with Gasteiger partial charge in [0, 0.05) is 23.4 Å². The minimum absolute atomic E-state index is 0.00565. The minimum Gasteiger partial charge on any atom is -0.322 e. The first-order chi connectivity index (χ1) is 13.9. The van der Waals surface area contributed by atoms with E-state index >= 15 is 0 Å². The van der Waals surface area contributed by atoms with Crippen LogP contribution in [0.25, 0.3) is 20.8 Å². The van der Waals surface area contributed by atoms with E-state index in [9.17, 15) is 14.9 Å². The average molecular weight is 444 g/mol. The molecule has 3 aromatic carbocycles. The predicted octanol–water partition coefficient (Wildman–Crippen LogP) is 6.43. The van der Waals surface area contributed by atoms with E-state index in [4.69, 9.17) is 23.2 Å². The molecular formula is C20H11Cl2N3O3S. The number of nitro groups is 1. The van der Waals surface area contributed by atoms with Crippen molar-refractivity contribution in [1.82, 2.24) is 4.98 Å². The Balaban J connectivity index is 1.58. The number of fused-ring (bicyclic) bond motifs is 1. The number of benzene rings is 3. The molecule has 9 heteroatoms. The molecule has 0 saturated heterocycles. The first-order valence-electron chi connectivity index (χ1n) is 8.33. The van der Waals surface area contributed by atoms with Crippen LogP contribution >= 0.6 is 34.5 Å². The molecular weight excluding hydrogens is 433 g/mol. The molecule has 4 aromatic rings. The third-order valence-corrected chi connectivity index (χ3v) is 5.85. The second kappa shape index (κ2) is 7.79. The topological polar surface area (TPSA) is 85.1 Å². The van der Waals surface area contributed by atoms with Crippen LogP contribution in [-0.2, 0) is 0 Å². The van der Waals surface area contributed by atoms with E-state index in [-0.39, 0.29) is 16.3 Å². The number of aromatic nitrogens is 1. The Kier molecular flexibility index (Phi) is 5.19. The largest absolute Gasteiger partial charge is 0.322 e. The molecule has 1 amide bonds. The number of carbonyl (C=O) groups is 1. The summed E-state index contributed by atoms with van der Waals surface area (Å²) < 4.78 is 1.06. The zero-order valence-corrected chi connectivity index (χ0v) is 16.9. The lowest BCUT2D eigenvalue weighted by molar-refractivity contribution is -0.384. The fourth-order valence-electron chi connectivity index (χ4n) is 2.75. The van der Waals surface area contributed by atoms with Gasteiger partial charge in [0.25, 0.3) is 11.6 Å². The van der Waals surface area contributed by atoms with Gasteiger partial charge in [-0.2, -0.15) is 0 Å². The normalized spacial score (nSPS) is 10.8. The first-order valence-corrected chi connectivity index (χ1v) is 9.90. The fourth-order valence-corrected chi connectivity index (χ4v) is 4.35. The van der Waals surface area contributed by atoms with Gasteiger partial charge in [-0.25, -0.2) is 4.98 Å². The molecule has 29 heavy (non-hydrogen) atoms. The number of para-hydroxylation sites is 1. The maximum atomic E-state index is 12.5. The number of hydrogen-bond donors (Lipinski definition) is 1. The monoisotopic (exact) mass is 443 g/mol. The molecule has 0 aliphatic heterocycles. The Morgan fingerprint density at radius 3 is 2.52 bits per heavy atom. The van der Waals surface area contributed by atoms with Gasteiger partial charge >= 0.3 is 0 Å². The first kappa shape index (κ1) is 19.3. The second-order valence-electron chi connectivity index (χ2n) is 6.06. The lowest BCUT2D eigenvalue weighted by Gasteiger charge is -2.09. The lowest BCUT2D eigenvalue weighted by atomic mass is 10.1. The number of amides is 1. The van der Waals surface area contributed by atoms with Gasteiger partial charge in [0.2, 0.25) is 0 Å². The Morgan fingerprint density at radius 2 is 1.83 bits per heavy atom. The maximum Gasteiger partial charge on any atom is 0.270 e. The summed E-state index contributed by atoms with van der Waals surface area (Å²) in [6.07, 6.45) is 0. The molecule has 0 saturated carbocycles. The highest BCUT2D eigenvalue weighted by atomic mass is 35.5. The van der Waals surface area contributed by atoms with E-state index < -0.39 is 10.8 Å². The number of hydrogen-bond acceptors (Lipinski definition) is 5. The summed E-state index contributed by atoms with van der Waals surface area (Å²) in [7, 11) is 0. The molecule has 4 rings (SSSR count). The van der Waals surface area contributed by atoms with Gasteiger partial charge in [-0.05, 0) is 36.4 Å². The van der Waals surface area contributed by atoms with Gasteiger partial charge in [0.1, 0.15) is 5.01 Å². The Labute approximate surface area is 178 Å². The van der Waals surface area contributed by atoms with E-state index in [2.05, 4.69) is 10.3 Å². The molecule has 0 spiro atoms. The molecule has 144 valence electrons. The van der Waals surface area contributed by atoms with Crippen molar-refractivity contribution >= 4 is 62.0 Å². The van der Waals surface area contributed by atoms with Crippen LogP contribution in [0.15, 0.2) is 60.7 Å². The number of thiazole rings is 1. The molecule has 0 aliphatic rings. The number of nitrogens with one attached hydrogen (secondary N) is 1. The van der Waals surface area contributed by atoms with Crippen LogP contribution in [0.1, 0.15) is 10.4 Å². The van der Waals surface area contributed by atoms with Crippen molar-refractivity contribution in [2.24, 2.45) is 0 Å². The number of non-ortho nitro benzene ring substituents is 1. The SMILES string of the molecule is O=C(Nc1ccc(-c2nc3ccccc3s2)c(Cl)c1)c1ccc([N+](=O)[O-])cc1Cl. The van der Waals surface area contributed by atoms with Crippen molar-refractivity contribution in [1.29, 1.82) is 0 Å². The highest BCUT2D eigenvalue weighted by Crippen LogP contribution is 2.35. The van der Waals surface area contributed by atoms with Crippen molar-refractivity contribution in [2.45, 2.75) is 0 Å². The quantitative estimate of drug-likeness (QED) is 0.290. The minimum atomic E-state index is -0.575. The third kappa shape index (κ3) is 3.93. The Bertz CT molecular complexity index is 1240. The van der Waals surface area contributed by atoms with E-state index in [0.29, 0.717) is 10.7 Å². The van der Waals surface area contributed by atoms with Gasteiger partial charge in [-0.3, -0.25) is 14.9 Å². The van der Waals surface area contributed by atoms with Crippen LogP contribution in [0.4, 0.5) is 11.4 Å². The summed E-state index contributed by atoms with van der Waals surface area (Å²) >= 11 is 14.0. The predicted molar refractivity (Wildman–Crippen MR) is 116 cm³/mol. The Hall–Kier alpha value is -3.00. The van der Waals surface area contributed by atoms with Crippen molar-refractivity contribution < 1.29 is 9.72 Å². The van der Waals surface area contributed by atoms with Crippen LogP contribution in [0.5, 0.6) is 0 Å². The fraction of sp³-hybridized carbons (Fsp3) is 0. The summed E-state index contributed by atoms with van der Waals surface area (Å²) in [5, 5.41) is 14.7. The van der Waals surface area contributed by atoms with Gasteiger partial charge in [-0.1, -0.05) is 35.3 Å². The zero-order valence-electron chi connectivity index (χ0n) is 14.6. The number of rotatable bonds is 4. The molecule has 0 unspecified atom stereocenters. The third-order valence-electron chi connectivity index (χ3n) is 4.16. The average Bonchev–Trinajstić information content (AvgIpc) is 3.11. The van der Waals surface area contributed by atoms with Crippen molar-refractivity contribution in [3.63, 3.8) is 0 Å². The van der Waals surface area contributed by atoms with Crippen LogP contribution in [-0.4, -0.2) is 15.8 Å². The molecule has 1 N–H and O–H groups in total. The van der Waals surface area contributed by atoms with E-state index in [1.165, 1.54) is 23.5 Å². The second-order valence-corrected chi connectivity index (χ2v) is 7.90. The molecule has 0 aliphatic carbocycles. The van der Waals surface area contributed by atoms with Crippen LogP contribution in [0.2, 0.25) is 10.0 Å². The lowest BCUT2D eigenvalue weighted by Crippen LogP contribution is -2.12. The van der Waals surface area contributed by atoms with E-state index in [1.54, 1.807) is 18.2 Å². The summed E-state index contributed by atoms with van der Waals surface area (Å²) in [5.74, 6) is -0.492. The molecule has 0 atom stereocenters. The van der Waals surface area contributed by atoms with Crippen LogP contribution in [0, 0.1) is 10.1 Å². The highest BCUT2D eigenvalue weighted by Gasteiger charge is 2.16. The number of nitro benzene ring substituents is 1. The smallest absolute Gasteiger partial charge is 0.270 e. The standard InChI is InChI=1S/C20H11Cl2N3O3S/c21-15-9-11(23-19(26)13-8-6-12(25(27)28)10-16(13)22)5-7-14(15)20-24-17-3-1-2-4-18(17)29-20/h1-10H,(H,23,26). The van der Waals surface area contributed by atoms with E-state index in [1.807, 2.05) is 24.3 Å². The van der Waals surface area contributed by atoms with E-state index in [0.717, 1.165) is 26.9 Å². The van der Waals surface area contributed by atoms with Crippen LogP contribution in [0.3, 0.4) is 0 Å². The van der Waals surface area contributed by atoms with Gasteiger partial charge in [0.05, 0.1) is 30.7 Å². The van der Waals surface area contributed by atoms with Crippen molar-refractivity contribution in [3.8, 4) is 10.6 Å². The molecule has 1 heterocycles. The highest BCUT2D eigenvalue weighted by molar-refractivity contribution is 7.21. The molecule has 0 bridgehead atoms. The zero-order chi connectivity index (χ0) is 20.5. The van der Waals surface area contributed by atoms with Crippen LogP contribution < -0.4 is 5.32 Å². The van der Waals surface area contributed by atoms with Gasteiger partial charge in [0.15, 0.2) is 0 Å². The number of halogens is 2. The van der Waals surface area contributed by atoms with Gasteiger partial charge in [-0.15, -0.1) is 11.3 Å². The number of nitrogens with zero attached hydrogens (tertiary/aromatic N) is 2. The van der Waals surface area contributed by atoms with Crippen molar-refractivity contribution in [3.05, 3.63) is 86.4 Å². The van der Waals surface area contributed by atoms with Crippen molar-refractivity contribution in [2.75, 3.05) is 5.32 Å².